The number of aryl methyl sites for hydroxylation is 2. The normalized spacial score (nSPS) is 18.9. The van der Waals surface area contributed by atoms with Crippen molar-refractivity contribution < 1.29 is 5.11 Å². The molecule has 0 aromatic heterocycles. The molecule has 1 nitrogen and oxygen atoms in total. The van der Waals surface area contributed by atoms with E-state index in [1.165, 1.54) is 41.5 Å². The fourth-order valence-electron chi connectivity index (χ4n) is 3.86. The molecule has 1 atom stereocenters. The fourth-order valence-corrected chi connectivity index (χ4v) is 3.86. The van der Waals surface area contributed by atoms with Crippen LogP contribution in [0.3, 0.4) is 0 Å². The van der Waals surface area contributed by atoms with Crippen molar-refractivity contribution in [3.63, 3.8) is 0 Å². The summed E-state index contributed by atoms with van der Waals surface area (Å²) in [6.07, 6.45) is 5.35. The molecule has 0 amide bonds. The number of hydrogen-bond acceptors (Lipinski definition) is 1. The number of benzene rings is 2. The quantitative estimate of drug-likeness (QED) is 0.878. The second-order valence-corrected chi connectivity index (χ2v) is 6.26. The SMILES string of the molecule is OC(c1ccc2c(c1)CCC2)C1Cc2ccccc2C1. The van der Waals surface area contributed by atoms with Gasteiger partial charge in [-0.1, -0.05) is 42.5 Å². The van der Waals surface area contributed by atoms with E-state index >= 15 is 0 Å². The van der Waals surface area contributed by atoms with Gasteiger partial charge in [0, 0.05) is 0 Å². The first kappa shape index (κ1) is 12.2. The summed E-state index contributed by atoms with van der Waals surface area (Å²) in [4.78, 5) is 0. The molecular weight excluding hydrogens is 244 g/mol. The van der Waals surface area contributed by atoms with E-state index in [0.717, 1.165) is 18.4 Å². The minimum Gasteiger partial charge on any atom is -0.388 e. The maximum absolute atomic E-state index is 10.7. The summed E-state index contributed by atoms with van der Waals surface area (Å²) in [5.41, 5.74) is 6.88. The minimum atomic E-state index is -0.326. The molecule has 2 aromatic rings. The van der Waals surface area contributed by atoms with E-state index in [2.05, 4.69) is 42.5 Å². The van der Waals surface area contributed by atoms with Crippen molar-refractivity contribution in [2.24, 2.45) is 5.92 Å². The van der Waals surface area contributed by atoms with Crippen LogP contribution in [0.15, 0.2) is 42.5 Å². The van der Waals surface area contributed by atoms with Crippen LogP contribution in [0.1, 0.15) is 40.3 Å². The number of rotatable bonds is 2. The summed E-state index contributed by atoms with van der Waals surface area (Å²) in [5.74, 6) is 0.340. The van der Waals surface area contributed by atoms with Gasteiger partial charge in [0.05, 0.1) is 6.10 Å². The van der Waals surface area contributed by atoms with E-state index in [-0.39, 0.29) is 6.10 Å². The molecular formula is C19H20O. The third-order valence-electron chi connectivity index (χ3n) is 4.99. The topological polar surface area (TPSA) is 20.2 Å². The molecule has 1 N–H and O–H groups in total. The Balaban J connectivity index is 1.58. The van der Waals surface area contributed by atoms with Crippen LogP contribution in [0.5, 0.6) is 0 Å². The van der Waals surface area contributed by atoms with Gasteiger partial charge < -0.3 is 5.11 Å². The second-order valence-electron chi connectivity index (χ2n) is 6.26. The highest BCUT2D eigenvalue weighted by molar-refractivity contribution is 5.38. The Labute approximate surface area is 120 Å². The summed E-state index contributed by atoms with van der Waals surface area (Å²) in [5, 5.41) is 10.7. The summed E-state index contributed by atoms with van der Waals surface area (Å²) < 4.78 is 0. The standard InChI is InChI=1S/C19H20O/c20-19(17-9-8-13-6-3-7-14(13)10-17)18-11-15-4-1-2-5-16(15)12-18/h1-2,4-5,8-10,18-20H,3,6-7,11-12H2. The van der Waals surface area contributed by atoms with E-state index in [4.69, 9.17) is 0 Å². The number of aliphatic hydroxyl groups excluding tert-OH is 1. The van der Waals surface area contributed by atoms with E-state index in [9.17, 15) is 5.11 Å². The Morgan fingerprint density at radius 2 is 1.55 bits per heavy atom. The first-order chi connectivity index (χ1) is 9.81. The van der Waals surface area contributed by atoms with E-state index in [1.807, 2.05) is 0 Å². The van der Waals surface area contributed by atoms with Gasteiger partial charge in [-0.05, 0) is 65.8 Å². The average molecular weight is 264 g/mol. The Morgan fingerprint density at radius 1 is 0.850 bits per heavy atom. The van der Waals surface area contributed by atoms with Crippen molar-refractivity contribution in [2.75, 3.05) is 0 Å². The molecule has 0 saturated carbocycles. The molecule has 0 radical (unpaired) electrons. The number of aliphatic hydroxyl groups is 1. The molecule has 2 aliphatic carbocycles. The zero-order valence-corrected chi connectivity index (χ0v) is 11.7. The Hall–Kier alpha value is -1.60. The lowest BCUT2D eigenvalue weighted by molar-refractivity contribution is 0.113. The highest BCUT2D eigenvalue weighted by Gasteiger charge is 2.28. The molecule has 1 unspecified atom stereocenters. The van der Waals surface area contributed by atoms with E-state index in [0.29, 0.717) is 5.92 Å². The van der Waals surface area contributed by atoms with Crippen LogP contribution in [0.25, 0.3) is 0 Å². The summed E-state index contributed by atoms with van der Waals surface area (Å²) >= 11 is 0. The van der Waals surface area contributed by atoms with Crippen molar-refractivity contribution in [1.82, 2.24) is 0 Å². The Morgan fingerprint density at radius 3 is 2.30 bits per heavy atom. The van der Waals surface area contributed by atoms with Crippen molar-refractivity contribution >= 4 is 0 Å². The third-order valence-corrected chi connectivity index (χ3v) is 4.99. The largest absolute Gasteiger partial charge is 0.388 e. The van der Waals surface area contributed by atoms with E-state index in [1.54, 1.807) is 0 Å². The zero-order valence-electron chi connectivity index (χ0n) is 11.7. The van der Waals surface area contributed by atoms with Crippen molar-refractivity contribution in [2.45, 2.75) is 38.2 Å². The van der Waals surface area contributed by atoms with Gasteiger partial charge in [-0.3, -0.25) is 0 Å². The monoisotopic (exact) mass is 264 g/mol. The first-order valence-corrected chi connectivity index (χ1v) is 7.68. The summed E-state index contributed by atoms with van der Waals surface area (Å²) in [6, 6.07) is 15.2. The van der Waals surface area contributed by atoms with Gasteiger partial charge in [0.25, 0.3) is 0 Å². The molecule has 20 heavy (non-hydrogen) atoms. The van der Waals surface area contributed by atoms with Gasteiger partial charge in [-0.25, -0.2) is 0 Å². The summed E-state index contributed by atoms with van der Waals surface area (Å²) in [6.45, 7) is 0. The molecule has 2 aliphatic rings. The van der Waals surface area contributed by atoms with Gasteiger partial charge in [0.1, 0.15) is 0 Å². The predicted molar refractivity (Wildman–Crippen MR) is 80.8 cm³/mol. The van der Waals surface area contributed by atoms with Gasteiger partial charge in [-0.2, -0.15) is 0 Å². The van der Waals surface area contributed by atoms with Crippen molar-refractivity contribution in [3.8, 4) is 0 Å². The fraction of sp³-hybridized carbons (Fsp3) is 0.368. The molecule has 0 bridgehead atoms. The maximum Gasteiger partial charge on any atom is 0.0824 e. The molecule has 1 heteroatoms. The van der Waals surface area contributed by atoms with Crippen LogP contribution >= 0.6 is 0 Å². The van der Waals surface area contributed by atoms with Gasteiger partial charge in [-0.15, -0.1) is 0 Å². The Bertz CT molecular complexity index is 619. The van der Waals surface area contributed by atoms with Crippen LogP contribution in [-0.2, 0) is 25.7 Å². The molecule has 4 rings (SSSR count). The molecule has 0 heterocycles. The lowest BCUT2D eigenvalue weighted by Gasteiger charge is -2.19. The highest BCUT2D eigenvalue weighted by atomic mass is 16.3. The van der Waals surface area contributed by atoms with Crippen LogP contribution in [-0.4, -0.2) is 5.11 Å². The highest BCUT2D eigenvalue weighted by Crippen LogP contribution is 2.36. The van der Waals surface area contributed by atoms with Crippen LogP contribution in [0.2, 0.25) is 0 Å². The predicted octanol–water partition coefficient (Wildman–Crippen LogP) is 3.62. The minimum absolute atomic E-state index is 0.326. The molecule has 0 saturated heterocycles. The molecule has 0 fully saturated rings. The molecule has 0 spiro atoms. The lowest BCUT2D eigenvalue weighted by atomic mass is 9.91. The molecule has 2 aromatic carbocycles. The van der Waals surface area contributed by atoms with Crippen LogP contribution < -0.4 is 0 Å². The van der Waals surface area contributed by atoms with Crippen LogP contribution in [0, 0.1) is 5.92 Å². The van der Waals surface area contributed by atoms with Gasteiger partial charge in [0.2, 0.25) is 0 Å². The smallest absolute Gasteiger partial charge is 0.0824 e. The van der Waals surface area contributed by atoms with Gasteiger partial charge in [0.15, 0.2) is 0 Å². The van der Waals surface area contributed by atoms with Crippen LogP contribution in [0.4, 0.5) is 0 Å². The zero-order chi connectivity index (χ0) is 13.5. The van der Waals surface area contributed by atoms with Gasteiger partial charge >= 0.3 is 0 Å². The molecule has 0 aliphatic heterocycles. The van der Waals surface area contributed by atoms with E-state index < -0.39 is 0 Å². The molecule has 102 valence electrons. The number of fused-ring (bicyclic) bond motifs is 2. The van der Waals surface area contributed by atoms with Crippen molar-refractivity contribution in [3.05, 3.63) is 70.3 Å². The number of hydrogen-bond donors (Lipinski definition) is 1. The second kappa shape index (κ2) is 4.75. The van der Waals surface area contributed by atoms with Crippen molar-refractivity contribution in [1.29, 1.82) is 0 Å². The lowest BCUT2D eigenvalue weighted by Crippen LogP contribution is -2.13. The summed E-state index contributed by atoms with van der Waals surface area (Å²) in [7, 11) is 0. The Kier molecular flexibility index (Phi) is 2.89. The average Bonchev–Trinajstić information content (AvgIpc) is 3.11. The first-order valence-electron chi connectivity index (χ1n) is 7.68. The third kappa shape index (κ3) is 1.97. The maximum atomic E-state index is 10.7.